The number of fused-ring (bicyclic) bond motifs is 4. The summed E-state index contributed by atoms with van der Waals surface area (Å²) in [6.45, 7) is 5.64. The first-order valence-electron chi connectivity index (χ1n) is 13.5. The number of carbonyl (C=O) groups excluding carboxylic acids is 2. The van der Waals surface area contributed by atoms with E-state index in [0.717, 1.165) is 62.9 Å². The van der Waals surface area contributed by atoms with Gasteiger partial charge in [-0.25, -0.2) is 14.0 Å². The van der Waals surface area contributed by atoms with Gasteiger partial charge in [0.25, 0.3) is 0 Å². The Morgan fingerprint density at radius 1 is 1.11 bits per heavy atom. The summed E-state index contributed by atoms with van der Waals surface area (Å²) >= 11 is 0. The van der Waals surface area contributed by atoms with Crippen LogP contribution in [0.5, 0.6) is 0 Å². The lowest BCUT2D eigenvalue weighted by atomic mass is 9.73. The van der Waals surface area contributed by atoms with Crippen molar-refractivity contribution in [2.75, 3.05) is 44.4 Å². The van der Waals surface area contributed by atoms with Gasteiger partial charge in [-0.3, -0.25) is 4.90 Å². The molecule has 0 aromatic heterocycles. The monoisotopic (exact) mass is 503 g/mol. The quantitative estimate of drug-likeness (QED) is 0.613. The molecule has 4 saturated heterocycles. The maximum absolute atomic E-state index is 14.4. The third-order valence-corrected chi connectivity index (χ3v) is 9.12. The Morgan fingerprint density at radius 3 is 2.53 bits per heavy atom. The van der Waals surface area contributed by atoms with Gasteiger partial charge in [0.1, 0.15) is 11.9 Å². The molecule has 5 heterocycles. The van der Waals surface area contributed by atoms with E-state index in [2.05, 4.69) is 4.90 Å². The summed E-state index contributed by atoms with van der Waals surface area (Å²) in [6, 6.07) is 5.74. The highest BCUT2D eigenvalue weighted by Gasteiger charge is 2.50. The maximum Gasteiger partial charge on any atom is 0.414 e. The van der Waals surface area contributed by atoms with Gasteiger partial charge in [0.2, 0.25) is 0 Å². The molecule has 9 heteroatoms. The number of hydrogen-bond acceptors (Lipinski definition) is 6. The van der Waals surface area contributed by atoms with Gasteiger partial charge in [-0.15, -0.1) is 0 Å². The zero-order valence-electron chi connectivity index (χ0n) is 21.0. The fourth-order valence-electron chi connectivity index (χ4n) is 7.30. The van der Waals surface area contributed by atoms with Crippen molar-refractivity contribution in [3.8, 4) is 0 Å². The summed E-state index contributed by atoms with van der Waals surface area (Å²) in [4.78, 5) is 31.8. The summed E-state index contributed by atoms with van der Waals surface area (Å²) in [6.07, 6.45) is 5.78. The molecule has 4 fully saturated rings. The second-order valence-corrected chi connectivity index (χ2v) is 11.0. The number of rotatable bonds is 3. The molecule has 8 nitrogen and oxygen atoms in total. The molecule has 1 aromatic rings. The number of ether oxygens (including phenoxy) is 3. The van der Waals surface area contributed by atoms with E-state index in [0.29, 0.717) is 38.8 Å². The van der Waals surface area contributed by atoms with Crippen molar-refractivity contribution in [2.24, 2.45) is 0 Å². The van der Waals surface area contributed by atoms with Crippen molar-refractivity contribution >= 4 is 17.9 Å². The van der Waals surface area contributed by atoms with Crippen molar-refractivity contribution in [1.82, 2.24) is 9.80 Å². The van der Waals surface area contributed by atoms with Crippen LogP contribution in [0.25, 0.3) is 0 Å². The van der Waals surface area contributed by atoms with E-state index in [1.54, 1.807) is 17.0 Å². The number of nitrogens with zero attached hydrogens (tertiary/aromatic N) is 3. The lowest BCUT2D eigenvalue weighted by Gasteiger charge is -2.47. The van der Waals surface area contributed by atoms with Crippen LogP contribution in [-0.2, 0) is 19.6 Å². The van der Waals surface area contributed by atoms with Crippen LogP contribution >= 0.6 is 0 Å². The number of amides is 2. The van der Waals surface area contributed by atoms with Crippen LogP contribution in [0.4, 0.5) is 19.7 Å². The summed E-state index contributed by atoms with van der Waals surface area (Å²) in [5, 5.41) is 0. The van der Waals surface area contributed by atoms with Gasteiger partial charge in [0.15, 0.2) is 0 Å². The average molecular weight is 504 g/mol. The number of hydrogen-bond donors (Lipinski definition) is 0. The van der Waals surface area contributed by atoms with Gasteiger partial charge in [0, 0.05) is 37.9 Å². The van der Waals surface area contributed by atoms with E-state index in [1.165, 1.54) is 6.07 Å². The molecule has 2 amide bonds. The normalized spacial score (nSPS) is 31.1. The maximum atomic E-state index is 14.4. The molecular formula is C27H38FN3O5. The number of anilines is 1. The average Bonchev–Trinajstić information content (AvgIpc) is 3.56. The molecule has 3 unspecified atom stereocenters. The fraction of sp³-hybridized carbons (Fsp3) is 0.704. The molecule has 5 aliphatic heterocycles. The number of halogens is 1. The number of piperidine rings is 2. The van der Waals surface area contributed by atoms with E-state index in [-0.39, 0.29) is 43.0 Å². The van der Waals surface area contributed by atoms with Gasteiger partial charge in [-0.2, -0.15) is 0 Å². The molecule has 6 rings (SSSR count). The highest BCUT2D eigenvalue weighted by atomic mass is 19.1. The van der Waals surface area contributed by atoms with Crippen LogP contribution in [-0.4, -0.2) is 85.7 Å². The molecule has 5 aliphatic rings. The third kappa shape index (κ3) is 4.14. The predicted molar refractivity (Wildman–Crippen MR) is 133 cm³/mol. The number of likely N-dealkylation sites (tertiary alicyclic amines) is 1. The van der Waals surface area contributed by atoms with E-state index in [9.17, 15) is 14.0 Å². The molecule has 1 aromatic carbocycles. The Hall–Kier alpha value is -2.39. The Labute approximate surface area is 213 Å². The van der Waals surface area contributed by atoms with Crippen molar-refractivity contribution in [3.05, 3.63) is 29.6 Å². The molecule has 198 valence electrons. The van der Waals surface area contributed by atoms with E-state index < -0.39 is 0 Å². The standard InChI is InChI=1S/C27H36FN3O5.H2/c1-2-35-26(33)31-19-4-5-20(31)15-21(14-19)29-10-8-27(9-11-29)17-30(24-6-3-18(28)13-23(24)27)25(32)36-22-7-12-34-16-22;/h3,6,13,19-22H,2,4-5,7-12,14-17H2,1H3;1H. The lowest BCUT2D eigenvalue weighted by molar-refractivity contribution is 0.0279. The summed E-state index contributed by atoms with van der Waals surface area (Å²) in [5.41, 5.74) is 1.44. The molecule has 0 saturated carbocycles. The van der Waals surface area contributed by atoms with Crippen LogP contribution in [0.1, 0.15) is 58.9 Å². The molecule has 2 bridgehead atoms. The molecule has 0 N–H and O–H groups in total. The van der Waals surface area contributed by atoms with Crippen LogP contribution in [0.15, 0.2) is 18.2 Å². The molecule has 1 spiro atoms. The van der Waals surface area contributed by atoms with Crippen LogP contribution in [0, 0.1) is 5.82 Å². The van der Waals surface area contributed by atoms with Crippen LogP contribution in [0.3, 0.4) is 0 Å². The SMILES string of the molecule is CCOC(=O)N1C2CCC1CC(N1CCC3(CC1)CN(C(=O)OC1CCOC1)c1ccc(F)cc13)C2.[HH]. The highest BCUT2D eigenvalue weighted by molar-refractivity contribution is 5.91. The van der Waals surface area contributed by atoms with Gasteiger partial charge in [0.05, 0.1) is 25.5 Å². The Bertz CT molecular complexity index is 1000. The van der Waals surface area contributed by atoms with E-state index in [4.69, 9.17) is 14.2 Å². The van der Waals surface area contributed by atoms with Gasteiger partial charge < -0.3 is 24.0 Å². The zero-order chi connectivity index (χ0) is 24.9. The minimum absolute atomic E-state index is 0. The van der Waals surface area contributed by atoms with E-state index in [1.807, 2.05) is 11.8 Å². The molecule has 36 heavy (non-hydrogen) atoms. The van der Waals surface area contributed by atoms with Gasteiger partial charge in [-0.05, 0) is 82.3 Å². The Morgan fingerprint density at radius 2 is 1.86 bits per heavy atom. The first-order chi connectivity index (χ1) is 17.5. The highest BCUT2D eigenvalue weighted by Crippen LogP contribution is 2.49. The molecule has 0 radical (unpaired) electrons. The largest absolute Gasteiger partial charge is 0.450 e. The smallest absolute Gasteiger partial charge is 0.414 e. The van der Waals surface area contributed by atoms with Crippen molar-refractivity contribution in [1.29, 1.82) is 0 Å². The lowest BCUT2D eigenvalue weighted by Crippen LogP contribution is -2.55. The Balaban J connectivity index is 0.00000280. The first kappa shape index (κ1) is 24.0. The second-order valence-electron chi connectivity index (χ2n) is 11.0. The summed E-state index contributed by atoms with van der Waals surface area (Å²) < 4.78 is 30.8. The number of carbonyl (C=O) groups is 2. The minimum atomic E-state index is -0.361. The predicted octanol–water partition coefficient (Wildman–Crippen LogP) is 4.30. The zero-order valence-corrected chi connectivity index (χ0v) is 21.0. The van der Waals surface area contributed by atoms with Crippen molar-refractivity contribution in [2.45, 2.75) is 81.5 Å². The first-order valence-corrected chi connectivity index (χ1v) is 13.5. The van der Waals surface area contributed by atoms with Crippen LogP contribution < -0.4 is 4.90 Å². The molecule has 0 aliphatic carbocycles. The minimum Gasteiger partial charge on any atom is -0.450 e. The molecule has 3 atom stereocenters. The molecular weight excluding hydrogens is 465 g/mol. The van der Waals surface area contributed by atoms with Crippen molar-refractivity contribution in [3.63, 3.8) is 0 Å². The van der Waals surface area contributed by atoms with Crippen LogP contribution in [0.2, 0.25) is 0 Å². The Kier molecular flexibility index (Phi) is 6.32. The number of benzene rings is 1. The fourth-order valence-corrected chi connectivity index (χ4v) is 7.30. The van der Waals surface area contributed by atoms with E-state index >= 15 is 0 Å². The second kappa shape index (κ2) is 9.49. The van der Waals surface area contributed by atoms with Gasteiger partial charge in [-0.1, -0.05) is 0 Å². The van der Waals surface area contributed by atoms with Crippen molar-refractivity contribution < 1.29 is 29.6 Å². The topological polar surface area (TPSA) is 71.6 Å². The summed E-state index contributed by atoms with van der Waals surface area (Å²) in [7, 11) is 0. The van der Waals surface area contributed by atoms with Gasteiger partial charge >= 0.3 is 12.2 Å². The summed E-state index contributed by atoms with van der Waals surface area (Å²) in [5.74, 6) is -0.266. The third-order valence-electron chi connectivity index (χ3n) is 9.12.